The topological polar surface area (TPSA) is 21.3 Å². The zero-order valence-electron chi connectivity index (χ0n) is 8.72. The van der Waals surface area contributed by atoms with E-state index in [1.165, 1.54) is 0 Å². The van der Waals surface area contributed by atoms with E-state index in [0.29, 0.717) is 6.04 Å². The Balaban J connectivity index is 3.92. The second-order valence-electron chi connectivity index (χ2n) is 4.01. The number of likely N-dealkylation sites (N-methyl/N-ethyl adjacent to an activating group) is 1. The molecular formula is C9H21NOS. The molecule has 0 fully saturated rings. The van der Waals surface area contributed by atoms with Crippen molar-refractivity contribution in [1.29, 1.82) is 0 Å². The van der Waals surface area contributed by atoms with E-state index in [4.69, 9.17) is 4.74 Å². The lowest BCUT2D eigenvalue weighted by atomic mass is 10.1. The van der Waals surface area contributed by atoms with Gasteiger partial charge in [0, 0.05) is 11.8 Å². The maximum atomic E-state index is 5.77. The van der Waals surface area contributed by atoms with Gasteiger partial charge >= 0.3 is 0 Å². The van der Waals surface area contributed by atoms with Crippen molar-refractivity contribution in [3.63, 3.8) is 0 Å². The molecule has 2 nitrogen and oxygen atoms in total. The highest BCUT2D eigenvalue weighted by molar-refractivity contribution is 7.80. The van der Waals surface area contributed by atoms with E-state index in [-0.39, 0.29) is 11.7 Å². The molecule has 0 rings (SSSR count). The van der Waals surface area contributed by atoms with Crippen LogP contribution in [0.25, 0.3) is 0 Å². The van der Waals surface area contributed by atoms with Crippen LogP contribution >= 0.6 is 12.6 Å². The van der Waals surface area contributed by atoms with E-state index in [1.54, 1.807) is 0 Å². The first-order valence-electron chi connectivity index (χ1n) is 4.36. The molecule has 0 heterocycles. The highest BCUT2D eigenvalue weighted by atomic mass is 32.1. The molecule has 3 heteroatoms. The van der Waals surface area contributed by atoms with E-state index in [0.717, 1.165) is 5.75 Å². The number of thiol groups is 1. The monoisotopic (exact) mass is 191 g/mol. The van der Waals surface area contributed by atoms with Gasteiger partial charge in [-0.25, -0.2) is 0 Å². The van der Waals surface area contributed by atoms with Crippen molar-refractivity contribution in [2.24, 2.45) is 0 Å². The Bertz CT molecular complexity index is 118. The summed E-state index contributed by atoms with van der Waals surface area (Å²) in [6.45, 7) is 8.26. The summed E-state index contributed by atoms with van der Waals surface area (Å²) in [5, 5.41) is 3.17. The van der Waals surface area contributed by atoms with Gasteiger partial charge in [-0.15, -0.1) is 0 Å². The summed E-state index contributed by atoms with van der Waals surface area (Å²) in [6, 6.07) is 0.326. The van der Waals surface area contributed by atoms with Crippen molar-refractivity contribution in [3.8, 4) is 0 Å². The van der Waals surface area contributed by atoms with Gasteiger partial charge in [0.1, 0.15) is 0 Å². The number of ether oxygens (including phenoxy) is 1. The Hall–Kier alpha value is 0.270. The SMILES string of the molecule is CN[C@H](CS)[C@@H](C)OC(C)(C)C. The van der Waals surface area contributed by atoms with Gasteiger partial charge in [0.05, 0.1) is 11.7 Å². The minimum atomic E-state index is -0.0720. The van der Waals surface area contributed by atoms with Crippen LogP contribution in [-0.4, -0.2) is 30.5 Å². The molecular weight excluding hydrogens is 170 g/mol. The van der Waals surface area contributed by atoms with Crippen LogP contribution in [0.4, 0.5) is 0 Å². The van der Waals surface area contributed by atoms with Gasteiger partial charge in [0.15, 0.2) is 0 Å². The summed E-state index contributed by atoms with van der Waals surface area (Å²) in [5.41, 5.74) is -0.0720. The van der Waals surface area contributed by atoms with Crippen molar-refractivity contribution < 1.29 is 4.74 Å². The molecule has 0 unspecified atom stereocenters. The Kier molecular flexibility index (Phi) is 5.21. The van der Waals surface area contributed by atoms with Crippen molar-refractivity contribution in [2.45, 2.75) is 45.4 Å². The van der Waals surface area contributed by atoms with Gasteiger partial charge < -0.3 is 10.1 Å². The number of hydrogen-bond acceptors (Lipinski definition) is 3. The van der Waals surface area contributed by atoms with Gasteiger partial charge in [-0.3, -0.25) is 0 Å². The third-order valence-corrected chi connectivity index (χ3v) is 2.07. The molecule has 0 aromatic carbocycles. The van der Waals surface area contributed by atoms with Crippen LogP contribution < -0.4 is 5.32 Å². The van der Waals surface area contributed by atoms with Gasteiger partial charge in [0.2, 0.25) is 0 Å². The van der Waals surface area contributed by atoms with Crippen LogP contribution in [0.5, 0.6) is 0 Å². The second-order valence-corrected chi connectivity index (χ2v) is 4.38. The average Bonchev–Trinajstić information content (AvgIpc) is 1.85. The normalized spacial score (nSPS) is 17.5. The molecule has 0 aliphatic heterocycles. The molecule has 0 aliphatic carbocycles. The Morgan fingerprint density at radius 3 is 2.17 bits per heavy atom. The standard InChI is InChI=1S/C9H21NOS/c1-7(8(6-12)10-5)11-9(2,3)4/h7-8,10,12H,6H2,1-5H3/t7-,8-/m1/s1. The summed E-state index contributed by atoms with van der Waals surface area (Å²) < 4.78 is 5.77. The molecule has 0 bridgehead atoms. The third kappa shape index (κ3) is 5.01. The predicted octanol–water partition coefficient (Wildman–Crippen LogP) is 1.71. The zero-order chi connectivity index (χ0) is 9.78. The molecule has 0 aromatic rings. The average molecular weight is 191 g/mol. The fourth-order valence-electron chi connectivity index (χ4n) is 1.11. The Morgan fingerprint density at radius 1 is 1.42 bits per heavy atom. The molecule has 0 saturated heterocycles. The lowest BCUT2D eigenvalue weighted by Gasteiger charge is -2.29. The molecule has 0 aromatic heterocycles. The highest BCUT2D eigenvalue weighted by Gasteiger charge is 2.20. The fourth-order valence-corrected chi connectivity index (χ4v) is 1.59. The summed E-state index contributed by atoms with van der Waals surface area (Å²) in [6.07, 6.45) is 0.201. The lowest BCUT2D eigenvalue weighted by molar-refractivity contribution is -0.0620. The summed E-state index contributed by atoms with van der Waals surface area (Å²) in [5.74, 6) is 0.799. The molecule has 0 aliphatic rings. The zero-order valence-corrected chi connectivity index (χ0v) is 9.61. The first-order chi connectivity index (χ1) is 5.40. The molecule has 74 valence electrons. The Labute approximate surface area is 81.5 Å². The van der Waals surface area contributed by atoms with Crippen LogP contribution in [0.3, 0.4) is 0 Å². The number of hydrogen-bond donors (Lipinski definition) is 2. The summed E-state index contributed by atoms with van der Waals surface area (Å²) >= 11 is 4.24. The van der Waals surface area contributed by atoms with E-state index in [1.807, 2.05) is 7.05 Å². The van der Waals surface area contributed by atoms with Crippen molar-refractivity contribution in [1.82, 2.24) is 5.32 Å². The smallest absolute Gasteiger partial charge is 0.0714 e. The van der Waals surface area contributed by atoms with Crippen LogP contribution in [0, 0.1) is 0 Å². The highest BCUT2D eigenvalue weighted by Crippen LogP contribution is 2.13. The van der Waals surface area contributed by atoms with E-state index in [9.17, 15) is 0 Å². The Morgan fingerprint density at radius 2 is 1.92 bits per heavy atom. The van der Waals surface area contributed by atoms with Crippen molar-refractivity contribution in [2.75, 3.05) is 12.8 Å². The molecule has 1 N–H and O–H groups in total. The molecule has 0 radical (unpaired) electrons. The maximum Gasteiger partial charge on any atom is 0.0714 e. The van der Waals surface area contributed by atoms with Crippen molar-refractivity contribution >= 4 is 12.6 Å². The van der Waals surface area contributed by atoms with Gasteiger partial charge in [-0.1, -0.05) is 0 Å². The van der Waals surface area contributed by atoms with Gasteiger partial charge in [-0.2, -0.15) is 12.6 Å². The van der Waals surface area contributed by atoms with Crippen LogP contribution in [0.1, 0.15) is 27.7 Å². The molecule has 0 amide bonds. The first kappa shape index (κ1) is 12.3. The van der Waals surface area contributed by atoms with E-state index < -0.39 is 0 Å². The number of rotatable bonds is 4. The quantitative estimate of drug-likeness (QED) is 0.660. The van der Waals surface area contributed by atoms with E-state index >= 15 is 0 Å². The molecule has 0 saturated carbocycles. The van der Waals surface area contributed by atoms with Crippen LogP contribution in [0.2, 0.25) is 0 Å². The fraction of sp³-hybridized carbons (Fsp3) is 1.00. The largest absolute Gasteiger partial charge is 0.371 e. The predicted molar refractivity (Wildman–Crippen MR) is 57.0 cm³/mol. The third-order valence-electron chi connectivity index (χ3n) is 1.67. The van der Waals surface area contributed by atoms with Gasteiger partial charge in [-0.05, 0) is 34.7 Å². The second kappa shape index (κ2) is 5.10. The number of nitrogens with one attached hydrogen (secondary N) is 1. The maximum absolute atomic E-state index is 5.77. The minimum absolute atomic E-state index is 0.0720. The minimum Gasteiger partial charge on any atom is -0.371 e. The van der Waals surface area contributed by atoms with Crippen LogP contribution in [-0.2, 0) is 4.74 Å². The molecule has 2 atom stereocenters. The summed E-state index contributed by atoms with van der Waals surface area (Å²) in [7, 11) is 1.93. The van der Waals surface area contributed by atoms with Crippen LogP contribution in [0.15, 0.2) is 0 Å². The lowest BCUT2D eigenvalue weighted by Crippen LogP contribution is -2.42. The molecule has 0 spiro atoms. The van der Waals surface area contributed by atoms with E-state index in [2.05, 4.69) is 45.6 Å². The van der Waals surface area contributed by atoms with Gasteiger partial charge in [0.25, 0.3) is 0 Å². The van der Waals surface area contributed by atoms with Crippen molar-refractivity contribution in [3.05, 3.63) is 0 Å². The summed E-state index contributed by atoms with van der Waals surface area (Å²) in [4.78, 5) is 0. The molecule has 12 heavy (non-hydrogen) atoms. The first-order valence-corrected chi connectivity index (χ1v) is 5.00.